The minimum atomic E-state index is -0.269. The molecule has 3 nitrogen and oxygen atoms in total. The van der Waals surface area contributed by atoms with E-state index in [-0.39, 0.29) is 18.2 Å². The lowest BCUT2D eigenvalue weighted by Crippen LogP contribution is -2.07. The number of carbonyl (C=O) groups is 2. The molecule has 0 aromatic heterocycles. The van der Waals surface area contributed by atoms with E-state index in [0.29, 0.717) is 17.2 Å². The third-order valence-corrected chi connectivity index (χ3v) is 3.44. The Labute approximate surface area is 140 Å². The number of halogens is 1. The normalized spacial score (nSPS) is 10.7. The molecule has 0 saturated carbocycles. The lowest BCUT2D eigenvalue weighted by atomic mass is 10.1. The van der Waals surface area contributed by atoms with Crippen LogP contribution in [0.1, 0.15) is 28.4 Å². The molecule has 0 fully saturated rings. The summed E-state index contributed by atoms with van der Waals surface area (Å²) in [7, 11) is 0. The van der Waals surface area contributed by atoms with Crippen LogP contribution in [0.5, 0.6) is 0 Å². The van der Waals surface area contributed by atoms with Gasteiger partial charge in [0.2, 0.25) is 0 Å². The lowest BCUT2D eigenvalue weighted by Gasteiger charge is -2.03. The van der Waals surface area contributed by atoms with Crippen LogP contribution in [0.2, 0.25) is 5.02 Å². The first-order valence-corrected chi connectivity index (χ1v) is 7.69. The highest BCUT2D eigenvalue weighted by atomic mass is 35.5. The van der Waals surface area contributed by atoms with Gasteiger partial charge in [0.05, 0.1) is 13.0 Å². The monoisotopic (exact) mass is 328 g/mol. The highest BCUT2D eigenvalue weighted by Crippen LogP contribution is 2.12. The average Bonchev–Trinajstić information content (AvgIpc) is 2.55. The number of ether oxygens (including phenoxy) is 1. The maximum atomic E-state index is 12.1. The van der Waals surface area contributed by atoms with E-state index in [9.17, 15) is 9.59 Å². The predicted octanol–water partition coefficient (Wildman–Crippen LogP) is 4.34. The molecule has 0 atom stereocenters. The average molecular weight is 329 g/mol. The van der Waals surface area contributed by atoms with E-state index >= 15 is 0 Å². The Morgan fingerprint density at radius 1 is 1.04 bits per heavy atom. The predicted molar refractivity (Wildman–Crippen MR) is 91.6 cm³/mol. The Morgan fingerprint density at radius 2 is 1.70 bits per heavy atom. The number of esters is 1. The fourth-order valence-electron chi connectivity index (χ4n) is 2.01. The van der Waals surface area contributed by atoms with Crippen molar-refractivity contribution in [3.05, 3.63) is 76.3 Å². The minimum absolute atomic E-state index is 0.0948. The highest BCUT2D eigenvalue weighted by Gasteiger charge is 2.06. The number of carbonyl (C=O) groups excluding carboxylic acids is 2. The zero-order chi connectivity index (χ0) is 16.7. The second-order valence-corrected chi connectivity index (χ2v) is 5.36. The smallest absolute Gasteiger partial charge is 0.310 e. The van der Waals surface area contributed by atoms with Gasteiger partial charge >= 0.3 is 5.97 Å². The second-order valence-electron chi connectivity index (χ2n) is 4.93. The molecule has 0 radical (unpaired) electrons. The standard InChI is InChI=1S/C19H17ClO3/c1-2-23-19(22)13-15-3-8-16(9-4-15)18(21)12-7-14-5-10-17(20)11-6-14/h3-12H,2,13H2,1H3/b12-7+. The molecule has 2 rings (SSSR count). The molecule has 0 unspecified atom stereocenters. The van der Waals surface area contributed by atoms with E-state index in [1.165, 1.54) is 6.08 Å². The largest absolute Gasteiger partial charge is 0.466 e. The third kappa shape index (κ3) is 5.38. The van der Waals surface area contributed by atoms with Gasteiger partial charge < -0.3 is 4.74 Å². The number of allylic oxidation sites excluding steroid dienone is 1. The van der Waals surface area contributed by atoms with Crippen LogP contribution in [-0.4, -0.2) is 18.4 Å². The molecule has 2 aromatic rings. The van der Waals surface area contributed by atoms with Crippen molar-refractivity contribution in [3.8, 4) is 0 Å². The van der Waals surface area contributed by atoms with Crippen LogP contribution in [-0.2, 0) is 16.0 Å². The van der Waals surface area contributed by atoms with Crippen molar-refractivity contribution in [2.75, 3.05) is 6.61 Å². The van der Waals surface area contributed by atoms with E-state index in [1.807, 2.05) is 12.1 Å². The van der Waals surface area contributed by atoms with Crippen LogP contribution in [0.25, 0.3) is 6.08 Å². The number of benzene rings is 2. The first kappa shape index (κ1) is 17.0. The molecule has 2 aromatic carbocycles. The van der Waals surface area contributed by atoms with Crippen molar-refractivity contribution < 1.29 is 14.3 Å². The molecule has 0 bridgehead atoms. The van der Waals surface area contributed by atoms with Gasteiger partial charge in [0.25, 0.3) is 0 Å². The van der Waals surface area contributed by atoms with Gasteiger partial charge in [-0.25, -0.2) is 0 Å². The molecular weight excluding hydrogens is 312 g/mol. The first-order chi connectivity index (χ1) is 11.1. The second kappa shape index (κ2) is 8.30. The Morgan fingerprint density at radius 3 is 2.30 bits per heavy atom. The SMILES string of the molecule is CCOC(=O)Cc1ccc(C(=O)/C=C/c2ccc(Cl)cc2)cc1. The summed E-state index contributed by atoms with van der Waals surface area (Å²) in [6.45, 7) is 2.14. The van der Waals surface area contributed by atoms with Gasteiger partial charge in [-0.05, 0) is 36.3 Å². The molecule has 0 spiro atoms. The molecule has 0 aliphatic rings. The summed E-state index contributed by atoms with van der Waals surface area (Å²) in [5, 5.41) is 0.658. The molecule has 4 heteroatoms. The highest BCUT2D eigenvalue weighted by molar-refractivity contribution is 6.30. The van der Waals surface area contributed by atoms with E-state index in [1.54, 1.807) is 49.4 Å². The Kier molecular flexibility index (Phi) is 6.12. The van der Waals surface area contributed by atoms with E-state index in [4.69, 9.17) is 16.3 Å². The van der Waals surface area contributed by atoms with Crippen molar-refractivity contribution in [2.24, 2.45) is 0 Å². The third-order valence-electron chi connectivity index (χ3n) is 3.19. The number of ketones is 1. The van der Waals surface area contributed by atoms with Crippen molar-refractivity contribution in [1.82, 2.24) is 0 Å². The van der Waals surface area contributed by atoms with Gasteiger partial charge in [0, 0.05) is 10.6 Å². The summed E-state index contributed by atoms with van der Waals surface area (Å²) in [6.07, 6.45) is 3.47. The van der Waals surface area contributed by atoms with Crippen molar-refractivity contribution in [1.29, 1.82) is 0 Å². The summed E-state index contributed by atoms with van der Waals surface area (Å²) in [5.41, 5.74) is 2.30. The summed E-state index contributed by atoms with van der Waals surface area (Å²) >= 11 is 5.82. The zero-order valence-electron chi connectivity index (χ0n) is 12.8. The zero-order valence-corrected chi connectivity index (χ0v) is 13.5. The molecule has 0 aliphatic carbocycles. The molecule has 0 N–H and O–H groups in total. The van der Waals surface area contributed by atoms with Crippen molar-refractivity contribution in [2.45, 2.75) is 13.3 Å². The molecular formula is C19H17ClO3. The molecule has 0 heterocycles. The van der Waals surface area contributed by atoms with Crippen LogP contribution in [0, 0.1) is 0 Å². The minimum Gasteiger partial charge on any atom is -0.466 e. The molecule has 0 saturated heterocycles. The molecule has 0 aliphatic heterocycles. The Balaban J connectivity index is 1.99. The molecule has 0 amide bonds. The fourth-order valence-corrected chi connectivity index (χ4v) is 2.13. The topological polar surface area (TPSA) is 43.4 Å². The Hall–Kier alpha value is -2.39. The number of hydrogen-bond acceptors (Lipinski definition) is 3. The molecule has 23 heavy (non-hydrogen) atoms. The van der Waals surface area contributed by atoms with Gasteiger partial charge in [-0.2, -0.15) is 0 Å². The Bertz CT molecular complexity index is 700. The van der Waals surface area contributed by atoms with Crippen molar-refractivity contribution >= 4 is 29.4 Å². The number of rotatable bonds is 6. The maximum absolute atomic E-state index is 12.1. The summed E-state index contributed by atoms with van der Waals surface area (Å²) in [6, 6.07) is 14.2. The number of hydrogen-bond donors (Lipinski definition) is 0. The molecule has 118 valence electrons. The van der Waals surface area contributed by atoms with Crippen LogP contribution in [0.4, 0.5) is 0 Å². The van der Waals surface area contributed by atoms with Gasteiger partial charge in [0.1, 0.15) is 0 Å². The first-order valence-electron chi connectivity index (χ1n) is 7.31. The van der Waals surface area contributed by atoms with Gasteiger partial charge in [-0.1, -0.05) is 54.1 Å². The van der Waals surface area contributed by atoms with E-state index in [2.05, 4.69) is 0 Å². The quantitative estimate of drug-likeness (QED) is 0.450. The van der Waals surface area contributed by atoms with Crippen molar-refractivity contribution in [3.63, 3.8) is 0 Å². The summed E-state index contributed by atoms with van der Waals surface area (Å²) < 4.78 is 4.89. The van der Waals surface area contributed by atoms with Crippen LogP contribution in [0.15, 0.2) is 54.6 Å². The summed E-state index contributed by atoms with van der Waals surface area (Å²) in [4.78, 5) is 23.5. The van der Waals surface area contributed by atoms with E-state index in [0.717, 1.165) is 11.1 Å². The lowest BCUT2D eigenvalue weighted by molar-refractivity contribution is -0.142. The maximum Gasteiger partial charge on any atom is 0.310 e. The van der Waals surface area contributed by atoms with Crippen LogP contribution < -0.4 is 0 Å². The van der Waals surface area contributed by atoms with E-state index < -0.39 is 0 Å². The summed E-state index contributed by atoms with van der Waals surface area (Å²) in [5.74, 6) is -0.364. The van der Waals surface area contributed by atoms with Gasteiger partial charge in [-0.15, -0.1) is 0 Å². The van der Waals surface area contributed by atoms with Crippen LogP contribution in [0.3, 0.4) is 0 Å². The fraction of sp³-hybridized carbons (Fsp3) is 0.158. The van der Waals surface area contributed by atoms with Crippen LogP contribution >= 0.6 is 11.6 Å². The van der Waals surface area contributed by atoms with Gasteiger partial charge in [-0.3, -0.25) is 9.59 Å². The van der Waals surface area contributed by atoms with Gasteiger partial charge in [0.15, 0.2) is 5.78 Å².